The highest BCUT2D eigenvalue weighted by Crippen LogP contribution is 2.16. The Balaban J connectivity index is 1.86. The number of alkyl halides is 1. The van der Waals surface area contributed by atoms with Crippen LogP contribution in [0.3, 0.4) is 0 Å². The molecule has 0 radical (unpaired) electrons. The topological polar surface area (TPSA) is 70.7 Å². The zero-order valence-corrected chi connectivity index (χ0v) is 12.8. The van der Waals surface area contributed by atoms with Crippen LogP contribution in [0.25, 0.3) is 0 Å². The van der Waals surface area contributed by atoms with E-state index in [1.54, 1.807) is 12.1 Å². The Morgan fingerprint density at radius 2 is 1.90 bits per heavy atom. The van der Waals surface area contributed by atoms with E-state index >= 15 is 0 Å². The quantitative estimate of drug-likeness (QED) is 0.498. The minimum Gasteiger partial charge on any atom is -0.386 e. The first-order chi connectivity index (χ1) is 10.2. The number of nitrogens with one attached hydrogen (secondary N) is 1. The first-order valence-electron chi connectivity index (χ1n) is 7.18. The van der Waals surface area contributed by atoms with Crippen molar-refractivity contribution in [3.05, 3.63) is 24.3 Å². The second kappa shape index (κ2) is 8.00. The van der Waals surface area contributed by atoms with Gasteiger partial charge in [-0.15, -0.1) is 11.6 Å². The lowest BCUT2D eigenvalue weighted by Crippen LogP contribution is -2.36. The van der Waals surface area contributed by atoms with Gasteiger partial charge in [-0.2, -0.15) is 0 Å². The molecular weight excluding hydrogens is 288 g/mol. The van der Waals surface area contributed by atoms with E-state index in [2.05, 4.69) is 15.2 Å². The normalized spacial score (nSPS) is 16.7. The van der Waals surface area contributed by atoms with Crippen molar-refractivity contribution < 1.29 is 4.79 Å². The Hall–Kier alpha value is -1.59. The Kier molecular flexibility index (Phi) is 6.02. The molecule has 0 unspecified atom stereocenters. The van der Waals surface area contributed by atoms with E-state index in [0.717, 1.165) is 24.5 Å². The molecule has 114 valence electrons. The van der Waals surface area contributed by atoms with Crippen LogP contribution in [0.15, 0.2) is 29.3 Å². The van der Waals surface area contributed by atoms with Crippen molar-refractivity contribution in [1.82, 2.24) is 4.90 Å². The van der Waals surface area contributed by atoms with Crippen LogP contribution in [0.5, 0.6) is 0 Å². The van der Waals surface area contributed by atoms with E-state index in [0.29, 0.717) is 12.4 Å². The van der Waals surface area contributed by atoms with Gasteiger partial charge in [0, 0.05) is 5.69 Å². The molecule has 0 aliphatic carbocycles. The van der Waals surface area contributed by atoms with Crippen LogP contribution in [0, 0.1) is 0 Å². The zero-order valence-electron chi connectivity index (χ0n) is 12.0. The van der Waals surface area contributed by atoms with Crippen molar-refractivity contribution in [2.75, 3.05) is 30.8 Å². The number of anilines is 1. The molecule has 1 aromatic carbocycles. The molecule has 2 rings (SSSR count). The van der Waals surface area contributed by atoms with Gasteiger partial charge in [0.05, 0.1) is 18.1 Å². The Morgan fingerprint density at radius 1 is 1.24 bits per heavy atom. The van der Waals surface area contributed by atoms with Gasteiger partial charge in [-0.25, -0.2) is 4.99 Å². The smallest absolute Gasteiger partial charge is 0.238 e. The lowest BCUT2D eigenvalue weighted by molar-refractivity contribution is -0.117. The highest BCUT2D eigenvalue weighted by Gasteiger charge is 2.13. The number of rotatable bonds is 5. The third kappa shape index (κ3) is 5.36. The summed E-state index contributed by atoms with van der Waals surface area (Å²) in [6.07, 6.45) is 3.63. The Labute approximate surface area is 130 Å². The Morgan fingerprint density at radius 3 is 2.52 bits per heavy atom. The molecule has 1 saturated heterocycles. The van der Waals surface area contributed by atoms with Crippen molar-refractivity contribution in [3.8, 4) is 0 Å². The molecule has 1 heterocycles. The standard InChI is InChI=1S/C15H21ClN4O/c16-10-14(17)18-12-4-6-13(7-5-12)19-15(21)11-20-8-2-1-3-9-20/h4-7H,1-3,8-11H2,(H2,17,18)(H,19,21). The highest BCUT2D eigenvalue weighted by molar-refractivity contribution is 6.28. The maximum atomic E-state index is 12.0. The van der Waals surface area contributed by atoms with Crippen molar-refractivity contribution in [2.45, 2.75) is 19.3 Å². The molecule has 1 amide bonds. The van der Waals surface area contributed by atoms with Crippen molar-refractivity contribution >= 4 is 34.7 Å². The van der Waals surface area contributed by atoms with E-state index in [-0.39, 0.29) is 11.8 Å². The van der Waals surface area contributed by atoms with Crippen molar-refractivity contribution in [1.29, 1.82) is 0 Å². The lowest BCUT2D eigenvalue weighted by Gasteiger charge is -2.25. The first-order valence-corrected chi connectivity index (χ1v) is 7.72. The van der Waals surface area contributed by atoms with Crippen LogP contribution in [0.4, 0.5) is 11.4 Å². The number of nitrogens with zero attached hydrogens (tertiary/aromatic N) is 2. The second-order valence-corrected chi connectivity index (χ2v) is 5.44. The van der Waals surface area contributed by atoms with E-state index in [1.165, 1.54) is 19.3 Å². The SMILES string of the molecule is NC(CCl)=Nc1ccc(NC(=O)CN2CCCCC2)cc1. The van der Waals surface area contributed by atoms with Gasteiger partial charge in [-0.1, -0.05) is 6.42 Å². The number of carbonyl (C=O) groups excluding carboxylic acids is 1. The number of likely N-dealkylation sites (tertiary alicyclic amines) is 1. The van der Waals surface area contributed by atoms with Gasteiger partial charge in [0.15, 0.2) is 0 Å². The zero-order chi connectivity index (χ0) is 15.1. The average Bonchev–Trinajstić information content (AvgIpc) is 2.50. The van der Waals surface area contributed by atoms with Crippen molar-refractivity contribution in [2.24, 2.45) is 10.7 Å². The number of piperidine rings is 1. The van der Waals surface area contributed by atoms with Crippen LogP contribution in [-0.4, -0.2) is 42.2 Å². The van der Waals surface area contributed by atoms with Gasteiger partial charge in [0.2, 0.25) is 5.91 Å². The van der Waals surface area contributed by atoms with Gasteiger partial charge in [0.1, 0.15) is 5.84 Å². The lowest BCUT2D eigenvalue weighted by atomic mass is 10.1. The van der Waals surface area contributed by atoms with Crippen LogP contribution in [0.2, 0.25) is 0 Å². The van der Waals surface area contributed by atoms with Crippen LogP contribution in [0.1, 0.15) is 19.3 Å². The summed E-state index contributed by atoms with van der Waals surface area (Å²) in [6, 6.07) is 7.23. The molecule has 1 aliphatic rings. The highest BCUT2D eigenvalue weighted by atomic mass is 35.5. The third-order valence-corrected chi connectivity index (χ3v) is 3.65. The minimum atomic E-state index is 0.0217. The fraction of sp³-hybridized carbons (Fsp3) is 0.467. The fourth-order valence-corrected chi connectivity index (χ4v) is 2.40. The van der Waals surface area contributed by atoms with Gasteiger partial charge in [-0.3, -0.25) is 9.69 Å². The summed E-state index contributed by atoms with van der Waals surface area (Å²) >= 11 is 5.58. The number of benzene rings is 1. The summed E-state index contributed by atoms with van der Waals surface area (Å²) in [7, 11) is 0. The number of aliphatic imine (C=N–C) groups is 1. The van der Waals surface area contributed by atoms with Gasteiger partial charge in [0.25, 0.3) is 0 Å². The van der Waals surface area contributed by atoms with Crippen molar-refractivity contribution in [3.63, 3.8) is 0 Å². The van der Waals surface area contributed by atoms with Gasteiger partial charge >= 0.3 is 0 Å². The summed E-state index contributed by atoms with van der Waals surface area (Å²) in [5.41, 5.74) is 7.06. The fourth-order valence-electron chi connectivity index (χ4n) is 2.34. The first kappa shape index (κ1) is 15.8. The summed E-state index contributed by atoms with van der Waals surface area (Å²) in [5, 5.41) is 2.90. The number of carbonyl (C=O) groups is 1. The maximum Gasteiger partial charge on any atom is 0.238 e. The third-order valence-electron chi connectivity index (χ3n) is 3.38. The molecule has 0 saturated carbocycles. The molecule has 0 atom stereocenters. The summed E-state index contributed by atoms with van der Waals surface area (Å²) in [5.74, 6) is 0.598. The number of nitrogens with two attached hydrogens (primary N) is 1. The largest absolute Gasteiger partial charge is 0.386 e. The van der Waals surface area contributed by atoms with Gasteiger partial charge in [-0.05, 0) is 50.2 Å². The number of amidine groups is 1. The predicted molar refractivity (Wildman–Crippen MR) is 87.4 cm³/mol. The molecule has 1 aliphatic heterocycles. The van der Waals surface area contributed by atoms with Crippen LogP contribution < -0.4 is 11.1 Å². The van der Waals surface area contributed by atoms with E-state index in [9.17, 15) is 4.79 Å². The number of hydrogen-bond acceptors (Lipinski definition) is 3. The van der Waals surface area contributed by atoms with E-state index in [4.69, 9.17) is 17.3 Å². The van der Waals surface area contributed by atoms with Crippen LogP contribution in [-0.2, 0) is 4.79 Å². The molecule has 6 heteroatoms. The minimum absolute atomic E-state index is 0.0217. The number of hydrogen-bond donors (Lipinski definition) is 2. The van der Waals surface area contributed by atoms with E-state index < -0.39 is 0 Å². The predicted octanol–water partition coefficient (Wildman–Crippen LogP) is 2.34. The number of halogens is 1. The Bertz CT molecular complexity index is 495. The molecular formula is C15H21ClN4O. The second-order valence-electron chi connectivity index (χ2n) is 5.17. The van der Waals surface area contributed by atoms with Gasteiger partial charge < -0.3 is 11.1 Å². The summed E-state index contributed by atoms with van der Waals surface area (Å²) < 4.78 is 0. The summed E-state index contributed by atoms with van der Waals surface area (Å²) in [6.45, 7) is 2.48. The number of amides is 1. The molecule has 21 heavy (non-hydrogen) atoms. The monoisotopic (exact) mass is 308 g/mol. The molecule has 1 fully saturated rings. The average molecular weight is 309 g/mol. The summed E-state index contributed by atoms with van der Waals surface area (Å²) in [4.78, 5) is 18.3. The molecule has 0 bridgehead atoms. The molecule has 1 aromatic rings. The molecule has 0 aromatic heterocycles. The van der Waals surface area contributed by atoms with Crippen LogP contribution >= 0.6 is 11.6 Å². The molecule has 3 N–H and O–H groups in total. The molecule has 5 nitrogen and oxygen atoms in total. The van der Waals surface area contributed by atoms with E-state index in [1.807, 2.05) is 12.1 Å². The molecule has 0 spiro atoms. The maximum absolute atomic E-state index is 12.0.